The molecule has 2 aliphatic heterocycles. The predicted molar refractivity (Wildman–Crippen MR) is 361 cm³/mol. The summed E-state index contributed by atoms with van der Waals surface area (Å²) in [5.74, 6) is -2.46. The molecule has 4 aromatic rings. The molecule has 2 heterocycles. The Morgan fingerprint density at radius 2 is 0.913 bits per heavy atom. The number of carbonyl (C=O) groups is 6. The SMILES string of the molecule is CC(C)(C)CC[C@H](c1ccc(C(=O)NCCC(=O)O)cc1)N1C(=O)C(c2ccc(F)c(Cl)c2)=NC12CCC(C(C)(C)C)CC2.CC(C)(C)CC[C@H](c1ccc(C(=O)NCCC(=O)OC(C)(C)C)cc1)N1C(=O)C(c2ccc(F)c(Cl)c2)=NC12CCC(C(C)(C)C)CC2. The molecule has 92 heavy (non-hydrogen) atoms. The van der Waals surface area contributed by atoms with Crippen LogP contribution in [0.1, 0.15) is 249 Å². The number of ether oxygens (including phenoxy) is 1. The first-order chi connectivity index (χ1) is 42.7. The Bertz CT molecular complexity index is 3390. The third kappa shape index (κ3) is 18.7. The van der Waals surface area contributed by atoms with Crippen molar-refractivity contribution in [2.75, 3.05) is 13.1 Å². The molecule has 0 bridgehead atoms. The van der Waals surface area contributed by atoms with Crippen molar-refractivity contribution in [2.24, 2.45) is 43.5 Å². The van der Waals surface area contributed by atoms with Gasteiger partial charge in [-0.1, -0.05) is 131 Å². The number of nitrogens with one attached hydrogen (secondary N) is 2. The average Bonchev–Trinajstić information content (AvgIpc) is 1.57. The number of carboxylic acids is 1. The number of esters is 1. The Hall–Kier alpha value is -6.52. The topological polar surface area (TPSA) is 187 Å². The Morgan fingerprint density at radius 3 is 1.22 bits per heavy atom. The molecule has 18 heteroatoms. The van der Waals surface area contributed by atoms with Gasteiger partial charge in [0, 0.05) is 35.3 Å². The number of carboxylic acid groups (broad SMARTS) is 1. The fourth-order valence-corrected chi connectivity index (χ4v) is 13.6. The molecular weight excluding hydrogens is 1210 g/mol. The smallest absolute Gasteiger partial charge is 0.308 e. The van der Waals surface area contributed by atoms with Crippen LogP contribution >= 0.6 is 23.2 Å². The molecule has 2 fully saturated rings. The van der Waals surface area contributed by atoms with Crippen molar-refractivity contribution in [3.63, 3.8) is 0 Å². The van der Waals surface area contributed by atoms with Gasteiger partial charge >= 0.3 is 11.9 Å². The highest BCUT2D eigenvalue weighted by molar-refractivity contribution is 6.48. The molecule has 2 aliphatic carbocycles. The minimum Gasteiger partial charge on any atom is -0.481 e. The zero-order valence-electron chi connectivity index (χ0n) is 56.8. The van der Waals surface area contributed by atoms with Gasteiger partial charge in [0.2, 0.25) is 0 Å². The lowest BCUT2D eigenvalue weighted by atomic mass is 9.69. The molecule has 0 aromatic heterocycles. The molecule has 2 spiro atoms. The van der Waals surface area contributed by atoms with E-state index in [2.05, 4.69) is 93.7 Å². The second kappa shape index (κ2) is 29.0. The Labute approximate surface area is 554 Å². The normalized spacial score (nSPS) is 21.1. The summed E-state index contributed by atoms with van der Waals surface area (Å²) in [6, 6.07) is 22.7. The summed E-state index contributed by atoms with van der Waals surface area (Å²) < 4.78 is 33.6. The van der Waals surface area contributed by atoms with Crippen molar-refractivity contribution < 1.29 is 47.4 Å². The monoisotopic (exact) mass is 1310 g/mol. The van der Waals surface area contributed by atoms with E-state index in [1.165, 1.54) is 24.3 Å². The van der Waals surface area contributed by atoms with Crippen LogP contribution in [-0.2, 0) is 23.9 Å². The van der Waals surface area contributed by atoms with E-state index in [1.807, 2.05) is 34.1 Å². The molecule has 8 rings (SSSR count). The van der Waals surface area contributed by atoms with Crippen LogP contribution < -0.4 is 10.6 Å². The number of rotatable bonds is 18. The highest BCUT2D eigenvalue weighted by atomic mass is 35.5. The molecular formula is C74H98Cl2F2N6O8. The van der Waals surface area contributed by atoms with Crippen molar-refractivity contribution in [1.82, 2.24) is 20.4 Å². The fraction of sp³-hybridized carbons (Fsp3) is 0.568. The third-order valence-corrected chi connectivity index (χ3v) is 19.1. The summed E-state index contributed by atoms with van der Waals surface area (Å²) in [6.45, 7) is 32.3. The predicted octanol–water partition coefficient (Wildman–Crippen LogP) is 16.9. The van der Waals surface area contributed by atoms with Crippen LogP contribution in [0, 0.1) is 45.1 Å². The van der Waals surface area contributed by atoms with Crippen molar-refractivity contribution in [1.29, 1.82) is 0 Å². The number of nitrogens with zero attached hydrogens (tertiary/aromatic N) is 4. The summed E-state index contributed by atoms with van der Waals surface area (Å²) in [7, 11) is 0. The van der Waals surface area contributed by atoms with E-state index in [0.717, 1.165) is 75.3 Å². The van der Waals surface area contributed by atoms with Gasteiger partial charge in [-0.05, 0) is 203 Å². The molecule has 14 nitrogen and oxygen atoms in total. The molecule has 4 aromatic carbocycles. The first-order valence-corrected chi connectivity index (χ1v) is 33.4. The van der Waals surface area contributed by atoms with E-state index in [1.54, 1.807) is 57.2 Å². The molecule has 4 amide bonds. The number of aliphatic carboxylic acids is 1. The number of hydrogen-bond donors (Lipinski definition) is 3. The fourth-order valence-electron chi connectivity index (χ4n) is 13.2. The van der Waals surface area contributed by atoms with Crippen LogP contribution in [0.15, 0.2) is 94.9 Å². The quantitative estimate of drug-likeness (QED) is 0.0821. The molecule has 500 valence electrons. The molecule has 4 aliphatic rings. The van der Waals surface area contributed by atoms with Crippen LogP contribution in [0.2, 0.25) is 10.0 Å². The summed E-state index contributed by atoms with van der Waals surface area (Å²) in [5.41, 5.74) is 2.56. The lowest BCUT2D eigenvalue weighted by molar-refractivity contribution is -0.154. The number of hydrogen-bond acceptors (Lipinski definition) is 9. The third-order valence-electron chi connectivity index (χ3n) is 18.5. The Morgan fingerprint density at radius 1 is 0.565 bits per heavy atom. The van der Waals surface area contributed by atoms with Gasteiger partial charge < -0.3 is 30.3 Å². The van der Waals surface area contributed by atoms with Crippen LogP contribution in [0.4, 0.5) is 8.78 Å². The highest BCUT2D eigenvalue weighted by Crippen LogP contribution is 2.53. The maximum Gasteiger partial charge on any atom is 0.308 e. The molecule has 0 unspecified atom stereocenters. The van der Waals surface area contributed by atoms with E-state index < -0.39 is 34.5 Å². The first kappa shape index (κ1) is 72.9. The standard InChI is InChI=1S/C39H53ClFN3O4.C35H45ClFN3O4/c1-36(2,3)20-18-31(25-10-12-26(13-11-25)34(46)42-23-19-32(45)48-38(7,8)9)44-35(47)33(27-14-15-30(41)29(40)24-27)43-39(44)21-16-28(17-22-39)37(4,5)6;1-33(2,3)17-15-28(22-7-9-23(10-8-22)31(43)38-20-16-29(41)42)40-32(44)30(24-11-12-27(37)26(36)21-24)39-35(40)18-13-25(14-19-35)34(4,5)6/h10-15,24,28,31H,16-23H2,1-9H3,(H,42,46);7-12,21,25,28H,13-20H2,1-6H3,(H,38,43)(H,41,42)/t28?,31-,39?;25?,28-,35?/m11/s1. The second-order valence-corrected chi connectivity index (χ2v) is 32.1. The Balaban J connectivity index is 0.000000262. The summed E-state index contributed by atoms with van der Waals surface area (Å²) in [4.78, 5) is 92.0. The van der Waals surface area contributed by atoms with Crippen molar-refractivity contribution in [3.8, 4) is 0 Å². The van der Waals surface area contributed by atoms with Crippen LogP contribution in [0.5, 0.6) is 0 Å². The summed E-state index contributed by atoms with van der Waals surface area (Å²) in [5, 5.41) is 14.2. The van der Waals surface area contributed by atoms with Gasteiger partial charge in [-0.15, -0.1) is 0 Å². The van der Waals surface area contributed by atoms with Gasteiger partial charge in [-0.2, -0.15) is 0 Å². The zero-order valence-corrected chi connectivity index (χ0v) is 58.3. The Kier molecular flexibility index (Phi) is 23.0. The number of amides is 4. The maximum atomic E-state index is 14.6. The lowest BCUT2D eigenvalue weighted by Crippen LogP contribution is -2.51. The number of carbonyl (C=O) groups excluding carboxylic acids is 5. The van der Waals surface area contributed by atoms with Gasteiger partial charge in [-0.25, -0.2) is 8.78 Å². The van der Waals surface area contributed by atoms with Gasteiger partial charge in [0.25, 0.3) is 23.6 Å². The number of halogens is 4. The van der Waals surface area contributed by atoms with Gasteiger partial charge in [0.1, 0.15) is 40.0 Å². The van der Waals surface area contributed by atoms with Gasteiger partial charge in [0.15, 0.2) is 0 Å². The second-order valence-electron chi connectivity index (χ2n) is 31.2. The summed E-state index contributed by atoms with van der Waals surface area (Å²) >= 11 is 12.3. The van der Waals surface area contributed by atoms with Crippen LogP contribution in [0.25, 0.3) is 0 Å². The van der Waals surface area contributed by atoms with Gasteiger partial charge in [-0.3, -0.25) is 38.8 Å². The number of benzene rings is 4. The van der Waals surface area contributed by atoms with E-state index in [0.29, 0.717) is 58.4 Å². The van der Waals surface area contributed by atoms with E-state index in [4.69, 9.17) is 43.0 Å². The maximum absolute atomic E-state index is 14.6. The zero-order chi connectivity index (χ0) is 68.1. The van der Waals surface area contributed by atoms with Crippen molar-refractivity contribution in [2.45, 2.75) is 223 Å². The van der Waals surface area contributed by atoms with E-state index in [9.17, 15) is 37.5 Å². The highest BCUT2D eigenvalue weighted by Gasteiger charge is 2.55. The minimum atomic E-state index is -0.979. The van der Waals surface area contributed by atoms with Gasteiger partial charge in [0.05, 0.1) is 35.0 Å². The summed E-state index contributed by atoms with van der Waals surface area (Å²) in [6.07, 6.45) is 9.62. The van der Waals surface area contributed by atoms with E-state index in [-0.39, 0.29) is 99.3 Å². The molecule has 0 saturated heterocycles. The van der Waals surface area contributed by atoms with E-state index >= 15 is 0 Å². The largest absolute Gasteiger partial charge is 0.481 e. The number of aliphatic imine (C=N–C) groups is 2. The molecule has 2 atom stereocenters. The lowest BCUT2D eigenvalue weighted by Gasteiger charge is -2.47. The first-order valence-electron chi connectivity index (χ1n) is 32.7. The van der Waals surface area contributed by atoms with Crippen LogP contribution in [0.3, 0.4) is 0 Å². The van der Waals surface area contributed by atoms with Crippen LogP contribution in [-0.4, -0.2) is 91.9 Å². The molecule has 2 saturated carbocycles. The van der Waals surface area contributed by atoms with Crippen molar-refractivity contribution in [3.05, 3.63) is 140 Å². The molecule has 3 N–H and O–H groups in total. The minimum absolute atomic E-state index is 0.0101. The molecule has 0 radical (unpaired) electrons. The van der Waals surface area contributed by atoms with Crippen molar-refractivity contribution >= 4 is 70.2 Å². The average molecular weight is 1310 g/mol.